The molecule has 0 aromatic carbocycles. The maximum atomic E-state index is 12.0. The third-order valence-electron chi connectivity index (χ3n) is 2.40. The summed E-state index contributed by atoms with van der Waals surface area (Å²) in [6.07, 6.45) is 2.13. The predicted octanol–water partition coefficient (Wildman–Crippen LogP) is 2.11. The molecule has 1 aromatic heterocycles. The Balaban J connectivity index is 2.10. The molecule has 1 fully saturated rings. The van der Waals surface area contributed by atoms with E-state index in [1.54, 1.807) is 4.90 Å². The van der Waals surface area contributed by atoms with Crippen LogP contribution < -0.4 is 0 Å². The maximum Gasteiger partial charge on any atom is 0.255 e. The number of carbonyl (C=O) groups excluding carboxylic acids is 1. The summed E-state index contributed by atoms with van der Waals surface area (Å²) in [6.45, 7) is 0.477. The van der Waals surface area contributed by atoms with Crippen LogP contribution in [0.15, 0.2) is 15.2 Å². The highest BCUT2D eigenvalue weighted by atomic mass is 79.9. The van der Waals surface area contributed by atoms with Crippen LogP contribution in [0, 0.1) is 0 Å². The molecular weight excluding hydrogens is 278 g/mol. The zero-order valence-electron chi connectivity index (χ0n) is 8.15. The van der Waals surface area contributed by atoms with Gasteiger partial charge in [0.05, 0.1) is 16.0 Å². The second-order valence-electron chi connectivity index (χ2n) is 3.59. The van der Waals surface area contributed by atoms with Gasteiger partial charge in [-0.25, -0.2) is 0 Å². The zero-order chi connectivity index (χ0) is 10.8. The topological polar surface area (TPSA) is 40.5 Å². The molecule has 0 spiro atoms. The van der Waals surface area contributed by atoms with Crippen LogP contribution in [0.3, 0.4) is 0 Å². The third-order valence-corrected chi connectivity index (χ3v) is 3.91. The lowest BCUT2D eigenvalue weighted by Crippen LogP contribution is -2.35. The molecule has 1 amide bonds. The maximum absolute atomic E-state index is 12.0. The highest BCUT2D eigenvalue weighted by Gasteiger charge is 2.32. The van der Waals surface area contributed by atoms with Gasteiger partial charge in [0.2, 0.25) is 0 Å². The second-order valence-corrected chi connectivity index (χ2v) is 5.88. The third kappa shape index (κ3) is 2.59. The van der Waals surface area contributed by atoms with Crippen LogP contribution in [0.2, 0.25) is 0 Å². The minimum absolute atomic E-state index is 0.0353. The highest BCUT2D eigenvalue weighted by Crippen LogP contribution is 2.29. The summed E-state index contributed by atoms with van der Waals surface area (Å²) in [6, 6.07) is 2.18. The van der Waals surface area contributed by atoms with Crippen molar-refractivity contribution in [1.29, 1.82) is 0 Å². The normalized spacial score (nSPS) is 15.3. The smallest absolute Gasteiger partial charge is 0.255 e. The molecule has 1 aliphatic rings. The number of carbonyl (C=O) groups is 1. The van der Waals surface area contributed by atoms with E-state index in [0.29, 0.717) is 18.2 Å². The first-order chi connectivity index (χ1) is 7.22. The molecule has 1 heterocycles. The summed E-state index contributed by atoms with van der Waals surface area (Å²) < 4.78 is 0.964. The molecule has 0 atom stereocenters. The van der Waals surface area contributed by atoms with Gasteiger partial charge in [-0.2, -0.15) is 0 Å². The molecule has 0 bridgehead atoms. The fourth-order valence-electron chi connectivity index (χ4n) is 1.53. The van der Waals surface area contributed by atoms with Crippen molar-refractivity contribution in [2.24, 2.45) is 0 Å². The Morgan fingerprint density at radius 3 is 2.87 bits per heavy atom. The molecule has 0 radical (unpaired) electrons. The Bertz CT molecular complexity index is 362. The summed E-state index contributed by atoms with van der Waals surface area (Å²) in [5, 5.41) is 10.8. The van der Waals surface area contributed by atoms with Gasteiger partial charge in [-0.3, -0.25) is 4.79 Å². The SMILES string of the molecule is O=C(c1csc(Br)c1)N(CCO)C1CC1. The van der Waals surface area contributed by atoms with Crippen LogP contribution in [0.1, 0.15) is 23.2 Å². The van der Waals surface area contributed by atoms with Crippen molar-refractivity contribution < 1.29 is 9.90 Å². The van der Waals surface area contributed by atoms with Gasteiger partial charge >= 0.3 is 0 Å². The Hall–Kier alpha value is -0.390. The summed E-state index contributed by atoms with van der Waals surface area (Å²) in [7, 11) is 0. The van der Waals surface area contributed by atoms with E-state index < -0.39 is 0 Å². The number of aliphatic hydroxyl groups excluding tert-OH is 1. The number of halogens is 1. The van der Waals surface area contributed by atoms with Crippen LogP contribution in [0.4, 0.5) is 0 Å². The van der Waals surface area contributed by atoms with Crippen molar-refractivity contribution >= 4 is 33.2 Å². The molecule has 2 rings (SSSR count). The molecule has 1 N–H and O–H groups in total. The van der Waals surface area contributed by atoms with Crippen molar-refractivity contribution in [3.63, 3.8) is 0 Å². The number of amides is 1. The molecule has 1 aromatic rings. The van der Waals surface area contributed by atoms with Crippen molar-refractivity contribution in [3.05, 3.63) is 20.8 Å². The van der Waals surface area contributed by atoms with E-state index in [1.165, 1.54) is 11.3 Å². The van der Waals surface area contributed by atoms with Gasteiger partial charge in [-0.05, 0) is 34.8 Å². The molecular formula is C10H12BrNO2S. The van der Waals surface area contributed by atoms with Crippen molar-refractivity contribution in [1.82, 2.24) is 4.90 Å². The molecule has 1 saturated carbocycles. The van der Waals surface area contributed by atoms with Gasteiger partial charge < -0.3 is 10.0 Å². The molecule has 15 heavy (non-hydrogen) atoms. The van der Waals surface area contributed by atoms with E-state index in [1.807, 2.05) is 11.4 Å². The first kappa shape index (κ1) is 11.1. The Kier molecular flexibility index (Phi) is 3.43. The average Bonchev–Trinajstić information content (AvgIpc) is 2.96. The lowest BCUT2D eigenvalue weighted by atomic mass is 10.3. The molecule has 82 valence electrons. The Morgan fingerprint density at radius 1 is 1.67 bits per heavy atom. The van der Waals surface area contributed by atoms with Crippen LogP contribution >= 0.6 is 27.3 Å². The molecule has 0 unspecified atom stereocenters. The average molecular weight is 290 g/mol. The van der Waals surface area contributed by atoms with Gasteiger partial charge in [0.1, 0.15) is 0 Å². The summed E-state index contributed by atoms with van der Waals surface area (Å²) in [5.41, 5.74) is 0.715. The largest absolute Gasteiger partial charge is 0.395 e. The van der Waals surface area contributed by atoms with E-state index in [4.69, 9.17) is 5.11 Å². The number of nitrogens with zero attached hydrogens (tertiary/aromatic N) is 1. The van der Waals surface area contributed by atoms with Crippen LogP contribution in [0.5, 0.6) is 0 Å². The predicted molar refractivity (Wildman–Crippen MR) is 63.2 cm³/mol. The minimum atomic E-state index is 0.0353. The molecule has 1 aliphatic carbocycles. The van der Waals surface area contributed by atoms with Crippen molar-refractivity contribution in [2.75, 3.05) is 13.2 Å². The lowest BCUT2D eigenvalue weighted by Gasteiger charge is -2.20. The summed E-state index contributed by atoms with van der Waals surface area (Å²) >= 11 is 4.85. The first-order valence-corrected chi connectivity index (χ1v) is 6.55. The Morgan fingerprint density at radius 2 is 2.40 bits per heavy atom. The molecule has 3 nitrogen and oxygen atoms in total. The number of rotatable bonds is 4. The number of hydrogen-bond donors (Lipinski definition) is 1. The second kappa shape index (κ2) is 4.63. The molecule has 5 heteroatoms. The molecule has 0 saturated heterocycles. The molecule has 0 aliphatic heterocycles. The summed E-state index contributed by atoms with van der Waals surface area (Å²) in [5.74, 6) is 0.0356. The minimum Gasteiger partial charge on any atom is -0.395 e. The van der Waals surface area contributed by atoms with Crippen molar-refractivity contribution in [2.45, 2.75) is 18.9 Å². The highest BCUT2D eigenvalue weighted by molar-refractivity contribution is 9.11. The lowest BCUT2D eigenvalue weighted by molar-refractivity contribution is 0.0708. The fraction of sp³-hybridized carbons (Fsp3) is 0.500. The van der Waals surface area contributed by atoms with Crippen LogP contribution in [-0.2, 0) is 0 Å². The standard InChI is InChI=1S/C10H12BrNO2S/c11-9-5-7(6-15-9)10(14)12(3-4-13)8-1-2-8/h5-6,8,13H,1-4H2. The zero-order valence-corrected chi connectivity index (χ0v) is 10.6. The quantitative estimate of drug-likeness (QED) is 0.922. The van der Waals surface area contributed by atoms with Crippen LogP contribution in [0.25, 0.3) is 0 Å². The first-order valence-electron chi connectivity index (χ1n) is 4.88. The van der Waals surface area contributed by atoms with Crippen molar-refractivity contribution in [3.8, 4) is 0 Å². The fourth-order valence-corrected chi connectivity index (χ4v) is 2.66. The van der Waals surface area contributed by atoms with E-state index in [2.05, 4.69) is 15.9 Å². The number of hydrogen-bond acceptors (Lipinski definition) is 3. The Labute approximate surface area is 101 Å². The van der Waals surface area contributed by atoms with E-state index in [-0.39, 0.29) is 12.5 Å². The summed E-state index contributed by atoms with van der Waals surface area (Å²) in [4.78, 5) is 13.8. The van der Waals surface area contributed by atoms with E-state index >= 15 is 0 Å². The van der Waals surface area contributed by atoms with E-state index in [0.717, 1.165) is 16.6 Å². The van der Waals surface area contributed by atoms with Gasteiger partial charge in [-0.15, -0.1) is 11.3 Å². The van der Waals surface area contributed by atoms with Gasteiger partial charge in [-0.1, -0.05) is 0 Å². The monoisotopic (exact) mass is 289 g/mol. The number of aliphatic hydroxyl groups is 1. The van der Waals surface area contributed by atoms with Crippen LogP contribution in [-0.4, -0.2) is 35.1 Å². The van der Waals surface area contributed by atoms with E-state index in [9.17, 15) is 4.79 Å². The van der Waals surface area contributed by atoms with Gasteiger partial charge in [0.25, 0.3) is 5.91 Å². The van der Waals surface area contributed by atoms with Gasteiger partial charge in [0.15, 0.2) is 0 Å². The number of thiophene rings is 1. The van der Waals surface area contributed by atoms with Gasteiger partial charge in [0, 0.05) is 18.0 Å².